The number of ether oxygens (including phenoxy) is 1. The summed E-state index contributed by atoms with van der Waals surface area (Å²) in [6, 6.07) is 0.370. The number of hydrogen-bond donors (Lipinski definition) is 0. The van der Waals surface area contributed by atoms with E-state index in [0.29, 0.717) is 11.9 Å². The van der Waals surface area contributed by atoms with Crippen LogP contribution in [0.5, 0.6) is 0 Å². The largest absolute Gasteiger partial charge is 0.467 e. The number of nitrogens with zero attached hydrogens (tertiary/aromatic N) is 2. The Hall–Kier alpha value is -1.38. The van der Waals surface area contributed by atoms with Crippen LogP contribution >= 0.6 is 0 Å². The van der Waals surface area contributed by atoms with E-state index in [-0.39, 0.29) is 0 Å². The summed E-state index contributed by atoms with van der Waals surface area (Å²) >= 11 is 0. The van der Waals surface area contributed by atoms with Gasteiger partial charge in [-0.15, -0.1) is 0 Å². The molecule has 3 heteroatoms. The van der Waals surface area contributed by atoms with Crippen molar-refractivity contribution in [3.8, 4) is 0 Å². The molecule has 0 aliphatic heterocycles. The molecule has 0 spiro atoms. The lowest BCUT2D eigenvalue weighted by Crippen LogP contribution is -2.01. The van der Waals surface area contributed by atoms with Crippen LogP contribution in [0.2, 0.25) is 0 Å². The number of allylic oxidation sites excluding steroid dienone is 3. The quantitative estimate of drug-likeness (QED) is 0.386. The summed E-state index contributed by atoms with van der Waals surface area (Å²) in [5.41, 5.74) is 0.905. The zero-order valence-corrected chi connectivity index (χ0v) is 9.32. The van der Waals surface area contributed by atoms with Gasteiger partial charge in [0.2, 0.25) is 0 Å². The molecule has 0 aromatic rings. The van der Waals surface area contributed by atoms with Crippen LogP contribution in [-0.4, -0.2) is 19.3 Å². The first-order chi connectivity index (χ1) is 6.65. The molecule has 0 heterocycles. The van der Waals surface area contributed by atoms with Crippen molar-refractivity contribution in [2.75, 3.05) is 7.11 Å². The molecule has 0 fully saturated rings. The van der Waals surface area contributed by atoms with E-state index in [1.807, 2.05) is 13.0 Å². The van der Waals surface area contributed by atoms with E-state index in [1.165, 1.54) is 0 Å². The van der Waals surface area contributed by atoms with E-state index in [0.717, 1.165) is 5.70 Å². The van der Waals surface area contributed by atoms with Gasteiger partial charge >= 0.3 is 6.02 Å². The van der Waals surface area contributed by atoms with Gasteiger partial charge in [-0.05, 0) is 18.9 Å². The SMILES string of the molecule is C=C/C=C(\N=C(N=CC)OC)C(C)C. The fourth-order valence-corrected chi connectivity index (χ4v) is 0.828. The van der Waals surface area contributed by atoms with Crippen LogP contribution in [0.15, 0.2) is 34.4 Å². The second kappa shape index (κ2) is 7.06. The molecule has 0 bridgehead atoms. The molecule has 3 nitrogen and oxygen atoms in total. The molecule has 0 atom stereocenters. The Morgan fingerprint density at radius 1 is 1.43 bits per heavy atom. The van der Waals surface area contributed by atoms with E-state index in [1.54, 1.807) is 19.4 Å². The minimum absolute atomic E-state index is 0.324. The van der Waals surface area contributed by atoms with Gasteiger partial charge in [0, 0.05) is 11.9 Å². The average Bonchev–Trinajstić information content (AvgIpc) is 2.15. The molecule has 14 heavy (non-hydrogen) atoms. The third-order valence-corrected chi connectivity index (χ3v) is 1.53. The van der Waals surface area contributed by atoms with E-state index in [4.69, 9.17) is 4.74 Å². The van der Waals surface area contributed by atoms with Crippen LogP contribution in [-0.2, 0) is 4.74 Å². The highest BCUT2D eigenvalue weighted by molar-refractivity contribution is 5.83. The fourth-order valence-electron chi connectivity index (χ4n) is 0.828. The maximum Gasteiger partial charge on any atom is 0.315 e. The molecule has 0 unspecified atom stereocenters. The van der Waals surface area contributed by atoms with Crippen molar-refractivity contribution in [3.63, 3.8) is 0 Å². The summed E-state index contributed by atoms with van der Waals surface area (Å²) in [7, 11) is 1.55. The summed E-state index contributed by atoms with van der Waals surface area (Å²) in [6.45, 7) is 9.57. The Labute approximate surface area is 85.9 Å². The Morgan fingerprint density at radius 3 is 2.43 bits per heavy atom. The second-order valence-corrected chi connectivity index (χ2v) is 2.97. The molecule has 0 saturated heterocycles. The Morgan fingerprint density at radius 2 is 2.07 bits per heavy atom. The van der Waals surface area contributed by atoms with Crippen LogP contribution in [0.25, 0.3) is 0 Å². The molecule has 0 aliphatic rings. The zero-order chi connectivity index (χ0) is 11.0. The Bertz CT molecular complexity index is 262. The first-order valence-corrected chi connectivity index (χ1v) is 4.59. The Balaban J connectivity index is 4.85. The standard InChI is InChI=1S/C11H18N2O/c1-6-8-10(9(3)4)13-11(14-5)12-7-2/h6-9H,1H2,2-5H3/b10-8-,12-7?,13-11?. The van der Waals surface area contributed by atoms with E-state index in [9.17, 15) is 0 Å². The smallest absolute Gasteiger partial charge is 0.315 e. The van der Waals surface area contributed by atoms with Gasteiger partial charge in [0.1, 0.15) is 0 Å². The summed E-state index contributed by atoms with van der Waals surface area (Å²) in [4.78, 5) is 8.23. The van der Waals surface area contributed by atoms with Gasteiger partial charge in [0.15, 0.2) is 0 Å². The number of amidine groups is 1. The number of aliphatic imine (C=N–C) groups is 2. The highest BCUT2D eigenvalue weighted by Gasteiger charge is 2.02. The van der Waals surface area contributed by atoms with Gasteiger partial charge in [0.25, 0.3) is 0 Å². The summed E-state index contributed by atoms with van der Waals surface area (Å²) in [5.74, 6) is 0.324. The first kappa shape index (κ1) is 12.6. The van der Waals surface area contributed by atoms with Gasteiger partial charge in [-0.2, -0.15) is 0 Å². The minimum atomic E-state index is 0.324. The molecule has 0 aliphatic carbocycles. The highest BCUT2D eigenvalue weighted by atomic mass is 16.5. The van der Waals surface area contributed by atoms with Crippen LogP contribution < -0.4 is 0 Å². The molecule has 0 saturated carbocycles. The number of hydrogen-bond acceptors (Lipinski definition) is 2. The van der Waals surface area contributed by atoms with Crippen molar-refractivity contribution in [3.05, 3.63) is 24.4 Å². The van der Waals surface area contributed by atoms with Crippen molar-refractivity contribution in [1.29, 1.82) is 0 Å². The topological polar surface area (TPSA) is 34.0 Å². The van der Waals surface area contributed by atoms with Crippen molar-refractivity contribution >= 4 is 12.2 Å². The van der Waals surface area contributed by atoms with E-state index >= 15 is 0 Å². The maximum atomic E-state index is 4.99. The predicted molar refractivity (Wildman–Crippen MR) is 61.7 cm³/mol. The molecular weight excluding hydrogens is 176 g/mol. The third kappa shape index (κ3) is 4.60. The highest BCUT2D eigenvalue weighted by Crippen LogP contribution is 2.11. The van der Waals surface area contributed by atoms with Gasteiger partial charge in [-0.3, -0.25) is 0 Å². The van der Waals surface area contributed by atoms with Crippen molar-refractivity contribution < 1.29 is 4.74 Å². The van der Waals surface area contributed by atoms with Gasteiger partial charge in [-0.25, -0.2) is 9.98 Å². The molecule has 0 N–H and O–H groups in total. The molecule has 0 amide bonds. The summed E-state index contributed by atoms with van der Waals surface area (Å²) in [6.07, 6.45) is 5.21. The van der Waals surface area contributed by atoms with E-state index in [2.05, 4.69) is 30.4 Å². The van der Waals surface area contributed by atoms with Gasteiger partial charge in [0.05, 0.1) is 7.11 Å². The van der Waals surface area contributed by atoms with Crippen molar-refractivity contribution in [2.24, 2.45) is 15.9 Å². The van der Waals surface area contributed by atoms with Crippen LogP contribution in [0.4, 0.5) is 0 Å². The second-order valence-electron chi connectivity index (χ2n) is 2.97. The normalized spacial score (nSPS) is 13.8. The Kier molecular flexibility index (Phi) is 6.37. The monoisotopic (exact) mass is 194 g/mol. The van der Waals surface area contributed by atoms with Crippen LogP contribution in [0, 0.1) is 5.92 Å². The number of methoxy groups -OCH3 is 1. The minimum Gasteiger partial charge on any atom is -0.467 e. The molecule has 0 aromatic carbocycles. The number of rotatable bonds is 3. The lowest BCUT2D eigenvalue weighted by molar-refractivity contribution is 0.396. The van der Waals surface area contributed by atoms with Crippen LogP contribution in [0.3, 0.4) is 0 Å². The zero-order valence-electron chi connectivity index (χ0n) is 9.32. The van der Waals surface area contributed by atoms with Gasteiger partial charge < -0.3 is 4.74 Å². The molecular formula is C11H18N2O. The lowest BCUT2D eigenvalue weighted by Gasteiger charge is -2.05. The van der Waals surface area contributed by atoms with Crippen LogP contribution in [0.1, 0.15) is 20.8 Å². The first-order valence-electron chi connectivity index (χ1n) is 4.59. The van der Waals surface area contributed by atoms with E-state index < -0.39 is 0 Å². The van der Waals surface area contributed by atoms with Crippen molar-refractivity contribution in [1.82, 2.24) is 0 Å². The summed E-state index contributed by atoms with van der Waals surface area (Å²) in [5, 5.41) is 0. The van der Waals surface area contributed by atoms with Gasteiger partial charge in [-0.1, -0.05) is 26.5 Å². The average molecular weight is 194 g/mol. The summed E-state index contributed by atoms with van der Waals surface area (Å²) < 4.78 is 4.99. The maximum absolute atomic E-state index is 4.99. The molecule has 0 aromatic heterocycles. The lowest BCUT2D eigenvalue weighted by atomic mass is 10.1. The molecule has 0 radical (unpaired) electrons. The third-order valence-electron chi connectivity index (χ3n) is 1.53. The molecule has 0 rings (SSSR count). The fraction of sp³-hybridized carbons (Fsp3) is 0.455. The van der Waals surface area contributed by atoms with Crippen molar-refractivity contribution in [2.45, 2.75) is 20.8 Å². The predicted octanol–water partition coefficient (Wildman–Crippen LogP) is 2.81. The molecule has 78 valence electrons.